The van der Waals surface area contributed by atoms with Crippen LogP contribution in [0.3, 0.4) is 0 Å². The Morgan fingerprint density at radius 2 is 1.89 bits per heavy atom. The van der Waals surface area contributed by atoms with Crippen molar-refractivity contribution in [2.75, 3.05) is 5.32 Å². The normalized spacial score (nSPS) is 10.9. The van der Waals surface area contributed by atoms with Crippen molar-refractivity contribution in [1.82, 2.24) is 9.38 Å². The molecule has 2 aromatic heterocycles. The first-order valence-electron chi connectivity index (χ1n) is 9.49. The highest BCUT2D eigenvalue weighted by Gasteiger charge is 2.08. The number of carbonyl (C=O) groups is 1. The summed E-state index contributed by atoms with van der Waals surface area (Å²) < 4.78 is 2.03. The number of anilines is 1. The summed E-state index contributed by atoms with van der Waals surface area (Å²) in [7, 11) is 0. The van der Waals surface area contributed by atoms with Crippen LogP contribution in [0.5, 0.6) is 0 Å². The van der Waals surface area contributed by atoms with E-state index in [1.54, 1.807) is 0 Å². The van der Waals surface area contributed by atoms with Crippen molar-refractivity contribution < 1.29 is 4.79 Å². The van der Waals surface area contributed by atoms with Gasteiger partial charge in [-0.25, -0.2) is 4.98 Å². The van der Waals surface area contributed by atoms with E-state index in [9.17, 15) is 4.79 Å². The van der Waals surface area contributed by atoms with Crippen molar-refractivity contribution in [3.8, 4) is 11.3 Å². The van der Waals surface area contributed by atoms with E-state index in [0.29, 0.717) is 6.42 Å². The predicted octanol–water partition coefficient (Wildman–Crippen LogP) is 5.19. The molecule has 0 saturated heterocycles. The second-order valence-electron chi connectivity index (χ2n) is 7.17. The van der Waals surface area contributed by atoms with E-state index in [-0.39, 0.29) is 5.91 Å². The summed E-state index contributed by atoms with van der Waals surface area (Å²) in [4.78, 5) is 17.1. The van der Waals surface area contributed by atoms with E-state index in [1.165, 1.54) is 11.1 Å². The largest absolute Gasteiger partial charge is 0.326 e. The van der Waals surface area contributed by atoms with Gasteiger partial charge < -0.3 is 9.72 Å². The van der Waals surface area contributed by atoms with Crippen molar-refractivity contribution in [1.29, 1.82) is 0 Å². The standard InChI is InChI=1S/C24H23N3O/c1-17-6-3-8-19(14-17)11-12-23(28)25-21-10-4-9-20(15-21)22-16-27-13-5-7-18(2)24(27)26-22/h3-10,13-16H,11-12H2,1-2H3,(H,25,28). The number of aromatic nitrogens is 2. The zero-order valence-electron chi connectivity index (χ0n) is 16.1. The zero-order chi connectivity index (χ0) is 19.5. The molecule has 0 aliphatic rings. The van der Waals surface area contributed by atoms with Gasteiger partial charge in [0.05, 0.1) is 5.69 Å². The number of nitrogens with one attached hydrogen (secondary N) is 1. The SMILES string of the molecule is Cc1cccc(CCC(=O)Nc2cccc(-c3cn4cccc(C)c4n3)c2)c1. The van der Waals surface area contributed by atoms with Crippen LogP contribution >= 0.6 is 0 Å². The number of benzene rings is 2. The van der Waals surface area contributed by atoms with Crippen LogP contribution < -0.4 is 5.32 Å². The summed E-state index contributed by atoms with van der Waals surface area (Å²) in [5, 5.41) is 3.01. The first-order chi connectivity index (χ1) is 13.6. The number of carbonyl (C=O) groups excluding carboxylic acids is 1. The second-order valence-corrected chi connectivity index (χ2v) is 7.17. The van der Waals surface area contributed by atoms with Gasteiger partial charge in [-0.1, -0.05) is 48.0 Å². The van der Waals surface area contributed by atoms with Gasteiger partial charge in [-0.05, 0) is 49.6 Å². The molecule has 1 N–H and O–H groups in total. The molecule has 0 atom stereocenters. The molecular weight excluding hydrogens is 346 g/mol. The molecule has 0 aliphatic carbocycles. The minimum atomic E-state index is 0.0181. The van der Waals surface area contributed by atoms with Crippen molar-refractivity contribution in [3.63, 3.8) is 0 Å². The van der Waals surface area contributed by atoms with E-state index < -0.39 is 0 Å². The smallest absolute Gasteiger partial charge is 0.224 e. The highest BCUT2D eigenvalue weighted by atomic mass is 16.1. The number of imidazole rings is 1. The molecule has 0 aliphatic heterocycles. The lowest BCUT2D eigenvalue weighted by molar-refractivity contribution is -0.116. The summed E-state index contributed by atoms with van der Waals surface area (Å²) in [6, 6.07) is 20.2. The molecule has 4 rings (SSSR count). The van der Waals surface area contributed by atoms with E-state index in [4.69, 9.17) is 4.98 Å². The molecule has 0 unspecified atom stereocenters. The molecule has 4 heteroatoms. The fraction of sp³-hybridized carbons (Fsp3) is 0.167. The molecule has 1 amide bonds. The Morgan fingerprint density at radius 3 is 2.71 bits per heavy atom. The van der Waals surface area contributed by atoms with Crippen LogP contribution in [0.15, 0.2) is 73.1 Å². The number of hydrogen-bond donors (Lipinski definition) is 1. The van der Waals surface area contributed by atoms with Crippen molar-refractivity contribution in [3.05, 3.63) is 89.7 Å². The summed E-state index contributed by atoms with van der Waals surface area (Å²) in [6.07, 6.45) is 5.21. The monoisotopic (exact) mass is 369 g/mol. The Balaban J connectivity index is 1.47. The summed E-state index contributed by atoms with van der Waals surface area (Å²) in [5.41, 5.74) is 7.15. The number of rotatable bonds is 5. The van der Waals surface area contributed by atoms with Crippen LogP contribution in [-0.2, 0) is 11.2 Å². The molecule has 28 heavy (non-hydrogen) atoms. The molecule has 0 radical (unpaired) electrons. The molecule has 0 bridgehead atoms. The average molecular weight is 369 g/mol. The van der Waals surface area contributed by atoms with E-state index in [1.807, 2.05) is 53.2 Å². The maximum absolute atomic E-state index is 12.4. The van der Waals surface area contributed by atoms with Gasteiger partial charge in [-0.3, -0.25) is 4.79 Å². The Labute approximate surface area is 164 Å². The topological polar surface area (TPSA) is 46.4 Å². The molecule has 4 nitrogen and oxygen atoms in total. The van der Waals surface area contributed by atoms with Crippen LogP contribution in [0.1, 0.15) is 23.1 Å². The van der Waals surface area contributed by atoms with E-state index in [2.05, 4.69) is 43.4 Å². The van der Waals surface area contributed by atoms with Gasteiger partial charge in [-0.2, -0.15) is 0 Å². The van der Waals surface area contributed by atoms with Crippen LogP contribution in [0.25, 0.3) is 16.9 Å². The Kier molecular flexibility index (Phi) is 4.94. The Morgan fingerprint density at radius 1 is 1.04 bits per heavy atom. The number of pyridine rings is 1. The van der Waals surface area contributed by atoms with Crippen LogP contribution in [-0.4, -0.2) is 15.3 Å². The summed E-state index contributed by atoms with van der Waals surface area (Å²) >= 11 is 0. The molecule has 0 spiro atoms. The van der Waals surface area contributed by atoms with Gasteiger partial charge in [-0.15, -0.1) is 0 Å². The van der Waals surface area contributed by atoms with E-state index in [0.717, 1.165) is 34.6 Å². The number of amides is 1. The third kappa shape index (κ3) is 3.96. The Hall–Kier alpha value is -3.40. The molecule has 2 heterocycles. The number of fused-ring (bicyclic) bond motifs is 1. The molecule has 0 saturated carbocycles. The quantitative estimate of drug-likeness (QED) is 0.526. The number of aryl methyl sites for hydroxylation is 3. The van der Waals surface area contributed by atoms with Crippen molar-refractivity contribution in [2.24, 2.45) is 0 Å². The highest BCUT2D eigenvalue weighted by Crippen LogP contribution is 2.23. The lowest BCUT2D eigenvalue weighted by Gasteiger charge is -2.07. The fourth-order valence-electron chi connectivity index (χ4n) is 3.40. The van der Waals surface area contributed by atoms with Gasteiger partial charge in [0.25, 0.3) is 0 Å². The van der Waals surface area contributed by atoms with E-state index >= 15 is 0 Å². The first kappa shape index (κ1) is 18.0. The fourth-order valence-corrected chi connectivity index (χ4v) is 3.40. The van der Waals surface area contributed by atoms with Gasteiger partial charge >= 0.3 is 0 Å². The van der Waals surface area contributed by atoms with Gasteiger partial charge in [0.1, 0.15) is 5.65 Å². The molecule has 0 fully saturated rings. The maximum atomic E-state index is 12.4. The Bertz CT molecular complexity index is 1140. The maximum Gasteiger partial charge on any atom is 0.224 e. The van der Waals surface area contributed by atoms with Crippen LogP contribution in [0.2, 0.25) is 0 Å². The van der Waals surface area contributed by atoms with Crippen LogP contribution in [0, 0.1) is 13.8 Å². The third-order valence-electron chi connectivity index (χ3n) is 4.84. The molecule has 4 aromatic rings. The molecule has 140 valence electrons. The number of hydrogen-bond acceptors (Lipinski definition) is 2. The number of nitrogens with zero attached hydrogens (tertiary/aromatic N) is 2. The highest BCUT2D eigenvalue weighted by molar-refractivity contribution is 5.91. The second kappa shape index (κ2) is 7.69. The molecule has 2 aromatic carbocycles. The summed E-state index contributed by atoms with van der Waals surface area (Å²) in [6.45, 7) is 4.12. The zero-order valence-corrected chi connectivity index (χ0v) is 16.1. The lowest BCUT2D eigenvalue weighted by Crippen LogP contribution is -2.12. The van der Waals surface area contributed by atoms with Crippen molar-refractivity contribution >= 4 is 17.2 Å². The van der Waals surface area contributed by atoms with Gasteiger partial charge in [0.15, 0.2) is 0 Å². The minimum absolute atomic E-state index is 0.0181. The minimum Gasteiger partial charge on any atom is -0.326 e. The average Bonchev–Trinajstić information content (AvgIpc) is 3.13. The lowest BCUT2D eigenvalue weighted by atomic mass is 10.1. The summed E-state index contributed by atoms with van der Waals surface area (Å²) in [5.74, 6) is 0.0181. The van der Waals surface area contributed by atoms with Gasteiger partial charge in [0.2, 0.25) is 5.91 Å². The van der Waals surface area contributed by atoms with Gasteiger partial charge in [0, 0.05) is 30.1 Å². The third-order valence-corrected chi connectivity index (χ3v) is 4.84. The first-order valence-corrected chi connectivity index (χ1v) is 9.49. The van der Waals surface area contributed by atoms with Crippen molar-refractivity contribution in [2.45, 2.75) is 26.7 Å². The van der Waals surface area contributed by atoms with Crippen LogP contribution in [0.4, 0.5) is 5.69 Å². The molecular formula is C24H23N3O. The predicted molar refractivity (Wildman–Crippen MR) is 113 cm³/mol.